The maximum Gasteiger partial charge on any atom is 0.207 e. The van der Waals surface area contributed by atoms with Crippen LogP contribution in [0.4, 0.5) is 17.1 Å². The molecule has 0 N–H and O–H groups in total. The van der Waals surface area contributed by atoms with E-state index in [4.69, 9.17) is 0 Å². The maximum absolute atomic E-state index is 14.5. The zero-order valence-corrected chi connectivity index (χ0v) is 34.8. The second-order valence-electron chi connectivity index (χ2n) is 14.3. The van der Waals surface area contributed by atoms with Gasteiger partial charge in [0.25, 0.3) is 0 Å². The first-order valence-electron chi connectivity index (χ1n) is 20.1. The number of hydrogen-bond donors (Lipinski definition) is 0. The number of sulfone groups is 1. The summed E-state index contributed by atoms with van der Waals surface area (Å²) in [5, 5.41) is 4.97. The molecule has 10 aromatic carbocycles. The number of nitrogens with zero attached hydrogens (tertiary/aromatic N) is 1. The van der Waals surface area contributed by atoms with Crippen molar-refractivity contribution in [3.8, 4) is 22.3 Å². The van der Waals surface area contributed by atoms with Crippen molar-refractivity contribution in [2.45, 2.75) is 33.4 Å². The summed E-state index contributed by atoms with van der Waals surface area (Å²) in [5.74, 6) is 0. The first-order chi connectivity index (χ1) is 29.4. The van der Waals surface area contributed by atoms with Crippen molar-refractivity contribution in [3.63, 3.8) is 0 Å². The number of rotatable bonds is 9. The lowest BCUT2D eigenvalue weighted by molar-refractivity contribution is 0.597. The third kappa shape index (κ3) is 7.04. The van der Waals surface area contributed by atoms with Crippen molar-refractivity contribution >= 4 is 70.0 Å². The molecule has 0 aromatic heterocycles. The van der Waals surface area contributed by atoms with Crippen LogP contribution in [0.3, 0.4) is 0 Å². The normalized spacial score (nSPS) is 12.0. The highest BCUT2D eigenvalue weighted by Gasteiger charge is 2.27. The van der Waals surface area contributed by atoms with Gasteiger partial charge >= 0.3 is 0 Å². The van der Waals surface area contributed by atoms with Crippen molar-refractivity contribution in [1.29, 1.82) is 0 Å². The first kappa shape index (κ1) is 38.6. The Balaban J connectivity index is 0.00000228. The molecule has 0 heterocycles. The van der Waals surface area contributed by atoms with E-state index in [1.165, 1.54) is 0 Å². The smallest absolute Gasteiger partial charge is 0.207 e. The van der Waals surface area contributed by atoms with E-state index in [0.29, 0.717) is 15.2 Å². The summed E-state index contributed by atoms with van der Waals surface area (Å²) in [5.41, 5.74) is 7.51. The lowest BCUT2D eigenvalue weighted by Crippen LogP contribution is -2.10. The molecule has 292 valence electrons. The fraction of sp³-hybridized carbons (Fsp3) is 0.0370. The monoisotopic (exact) mass is 815 g/mol. The Bertz CT molecular complexity index is 3110. The highest BCUT2D eigenvalue weighted by atomic mass is 32.2. The quantitative estimate of drug-likeness (QED) is 0.136. The average Bonchev–Trinajstić information content (AvgIpc) is 3.32. The minimum absolute atomic E-state index is 0.141. The third-order valence-corrected chi connectivity index (χ3v) is 14.1. The molecule has 6 heteroatoms. The topological polar surface area (TPSA) is 54.5 Å². The molecule has 1 atom stereocenters. The van der Waals surface area contributed by atoms with Gasteiger partial charge in [0.2, 0.25) is 9.84 Å². The molecule has 10 aromatic rings. The predicted octanol–water partition coefficient (Wildman–Crippen LogP) is 14.4. The van der Waals surface area contributed by atoms with Gasteiger partial charge < -0.3 is 4.90 Å². The predicted molar refractivity (Wildman–Crippen MR) is 250 cm³/mol. The van der Waals surface area contributed by atoms with Gasteiger partial charge in [-0.15, -0.1) is 0 Å². The fourth-order valence-corrected chi connectivity index (χ4v) is 10.9. The van der Waals surface area contributed by atoms with Crippen LogP contribution in [0.1, 0.15) is 13.8 Å². The molecule has 0 spiro atoms. The minimum atomic E-state index is -3.99. The Morgan fingerprint density at radius 2 is 0.850 bits per heavy atom. The Labute approximate surface area is 353 Å². The third-order valence-electron chi connectivity index (χ3n) is 10.8. The summed E-state index contributed by atoms with van der Waals surface area (Å²) in [7, 11) is -5.63. The largest absolute Gasteiger partial charge is 0.310 e. The van der Waals surface area contributed by atoms with Gasteiger partial charge in [0, 0.05) is 27.3 Å². The van der Waals surface area contributed by atoms with Gasteiger partial charge in [0.1, 0.15) is 0 Å². The second-order valence-corrected chi connectivity index (χ2v) is 17.7. The van der Waals surface area contributed by atoms with Gasteiger partial charge in [-0.3, -0.25) is 0 Å². The molecule has 0 amide bonds. The summed E-state index contributed by atoms with van der Waals surface area (Å²) >= 11 is 0. The zero-order chi connectivity index (χ0) is 41.2. The Morgan fingerprint density at radius 3 is 1.35 bits per heavy atom. The molecule has 0 aliphatic rings. The van der Waals surface area contributed by atoms with Crippen molar-refractivity contribution in [2.24, 2.45) is 0 Å². The van der Waals surface area contributed by atoms with E-state index in [1.54, 1.807) is 36.4 Å². The van der Waals surface area contributed by atoms with Crippen molar-refractivity contribution in [2.75, 3.05) is 4.90 Å². The number of benzene rings is 10. The lowest BCUT2D eigenvalue weighted by atomic mass is 9.93. The van der Waals surface area contributed by atoms with Gasteiger partial charge in [-0.1, -0.05) is 159 Å². The molecule has 0 fully saturated rings. The summed E-state index contributed by atoms with van der Waals surface area (Å²) < 4.78 is 43.3. The van der Waals surface area contributed by atoms with Crippen LogP contribution in [0, 0.1) is 0 Å². The molecule has 10 rings (SSSR count). The number of hydrogen-bond acceptors (Lipinski definition) is 4. The van der Waals surface area contributed by atoms with E-state index in [2.05, 4.69) is 120 Å². The van der Waals surface area contributed by atoms with E-state index in [1.807, 2.05) is 74.5 Å². The molecule has 0 aliphatic carbocycles. The number of anilines is 3. The van der Waals surface area contributed by atoms with Crippen molar-refractivity contribution < 1.29 is 12.6 Å². The average molecular weight is 816 g/mol. The van der Waals surface area contributed by atoms with E-state index in [-0.39, 0.29) is 9.79 Å². The molecule has 0 radical (unpaired) electrons. The van der Waals surface area contributed by atoms with Crippen LogP contribution in [0.2, 0.25) is 0 Å². The van der Waals surface area contributed by atoms with E-state index in [9.17, 15) is 12.6 Å². The zero-order valence-electron chi connectivity index (χ0n) is 33.2. The molecule has 0 aliphatic heterocycles. The molecule has 0 saturated heterocycles. The van der Waals surface area contributed by atoms with Crippen LogP contribution < -0.4 is 4.90 Å². The highest BCUT2D eigenvalue weighted by Crippen LogP contribution is 2.45. The minimum Gasteiger partial charge on any atom is -0.310 e. The molecule has 60 heavy (non-hydrogen) atoms. The second kappa shape index (κ2) is 16.4. The van der Waals surface area contributed by atoms with Crippen LogP contribution in [-0.2, 0) is 20.6 Å². The molecule has 1 unspecified atom stereocenters. The van der Waals surface area contributed by atoms with Gasteiger partial charge in [-0.05, 0) is 116 Å². The summed E-state index contributed by atoms with van der Waals surface area (Å²) in [4.78, 5) is 3.66. The maximum atomic E-state index is 14.5. The van der Waals surface area contributed by atoms with Crippen LogP contribution in [-0.4, -0.2) is 12.6 Å². The van der Waals surface area contributed by atoms with E-state index >= 15 is 0 Å². The first-order valence-corrected chi connectivity index (χ1v) is 22.7. The van der Waals surface area contributed by atoms with Crippen LogP contribution in [0.5, 0.6) is 0 Å². The van der Waals surface area contributed by atoms with E-state index in [0.717, 1.165) is 66.2 Å². The molecule has 0 bridgehead atoms. The highest BCUT2D eigenvalue weighted by molar-refractivity contribution is 7.91. The summed E-state index contributed by atoms with van der Waals surface area (Å²) in [6, 6.07) is 69.6. The Kier molecular flexibility index (Phi) is 10.6. The Morgan fingerprint density at radius 1 is 0.417 bits per heavy atom. The lowest BCUT2D eigenvalue weighted by Gasteiger charge is -2.27. The van der Waals surface area contributed by atoms with E-state index < -0.39 is 20.6 Å². The van der Waals surface area contributed by atoms with Crippen LogP contribution >= 0.6 is 0 Å². The van der Waals surface area contributed by atoms with Gasteiger partial charge in [-0.25, -0.2) is 12.6 Å². The fourth-order valence-electron chi connectivity index (χ4n) is 8.05. The van der Waals surface area contributed by atoms with Gasteiger partial charge in [0.05, 0.1) is 25.5 Å². The van der Waals surface area contributed by atoms with Crippen molar-refractivity contribution in [3.05, 3.63) is 212 Å². The van der Waals surface area contributed by atoms with Crippen LogP contribution in [0.15, 0.2) is 232 Å². The SMILES string of the molecule is CC.O=S(c1ccccc1)c1cc(S(=O)(=O)c2ccccc2)c2ccc3cc(N(c4ccc(-c5ccccc5)cc4)c4ccc(-c5ccccc5)cc4)cc4ccc1c2c43. The van der Waals surface area contributed by atoms with Crippen molar-refractivity contribution in [1.82, 2.24) is 0 Å². The summed E-state index contributed by atoms with van der Waals surface area (Å²) in [6.45, 7) is 4.00. The summed E-state index contributed by atoms with van der Waals surface area (Å²) in [6.07, 6.45) is 0. The molecule has 4 nitrogen and oxygen atoms in total. The molecular weight excluding hydrogens is 775 g/mol. The van der Waals surface area contributed by atoms with Gasteiger partial charge in [0.15, 0.2) is 0 Å². The molecular formula is C54H41NO3S2. The van der Waals surface area contributed by atoms with Gasteiger partial charge in [-0.2, -0.15) is 0 Å². The standard InChI is InChI=1S/C52H35NO3S2.C2H6/c54-57(45-17-9-3-10-18-45)49-35-50(58(55,56)46-19-11-4-12-20-46)48-32-26-41-34-44(33-40-25-31-47(49)52(48)51(40)41)53(42-27-21-38(22-28-42)36-13-5-1-6-14-36)43-29-23-39(24-30-43)37-15-7-2-8-16-37;1-2/h1-35H;1-2H3. The van der Waals surface area contributed by atoms with Crippen LogP contribution in [0.25, 0.3) is 54.6 Å². The Hall–Kier alpha value is -6.86. The molecule has 0 saturated carbocycles.